The van der Waals surface area contributed by atoms with Crippen molar-refractivity contribution < 1.29 is 13.2 Å². The maximum absolute atomic E-state index is 13.8. The van der Waals surface area contributed by atoms with Crippen LogP contribution in [0.25, 0.3) is 0 Å². The molecule has 6 heteroatoms. The van der Waals surface area contributed by atoms with Gasteiger partial charge in [-0.1, -0.05) is 43.5 Å². The molecule has 0 amide bonds. The summed E-state index contributed by atoms with van der Waals surface area (Å²) in [4.78, 5) is -0.674. The summed E-state index contributed by atoms with van der Waals surface area (Å²) in [7, 11) is 0. The molecule has 0 N–H and O–H groups in total. The van der Waals surface area contributed by atoms with Gasteiger partial charge in [-0.15, -0.1) is 0 Å². The summed E-state index contributed by atoms with van der Waals surface area (Å²) in [5, 5.41) is 0.0279. The van der Waals surface area contributed by atoms with Gasteiger partial charge in [0, 0.05) is 15.1 Å². The molecule has 2 aromatic rings. The van der Waals surface area contributed by atoms with Crippen molar-refractivity contribution >= 4 is 43.5 Å². The van der Waals surface area contributed by atoms with E-state index in [1.54, 1.807) is 12.1 Å². The second kappa shape index (κ2) is 5.85. The molecule has 1 atom stereocenters. The zero-order valence-corrected chi connectivity index (χ0v) is 13.2. The van der Waals surface area contributed by atoms with Crippen LogP contribution in [0.15, 0.2) is 34.8 Å². The average molecular weight is 414 g/mol. The predicted octanol–water partition coefficient (Wildman–Crippen LogP) is 6.00. The van der Waals surface area contributed by atoms with E-state index >= 15 is 0 Å². The van der Waals surface area contributed by atoms with E-state index < -0.39 is 22.3 Å². The van der Waals surface area contributed by atoms with Gasteiger partial charge in [-0.3, -0.25) is 0 Å². The van der Waals surface area contributed by atoms with Crippen LogP contribution in [0.4, 0.5) is 13.2 Å². The minimum atomic E-state index is -1.04. The van der Waals surface area contributed by atoms with Crippen molar-refractivity contribution in [1.82, 2.24) is 0 Å². The van der Waals surface area contributed by atoms with Crippen LogP contribution < -0.4 is 0 Å². The number of rotatable bonds is 2. The monoisotopic (exact) mass is 412 g/mol. The molecule has 0 saturated heterocycles. The van der Waals surface area contributed by atoms with E-state index in [0.29, 0.717) is 4.47 Å². The molecular formula is C13H6Br2ClF3. The van der Waals surface area contributed by atoms with Gasteiger partial charge >= 0.3 is 0 Å². The van der Waals surface area contributed by atoms with E-state index in [4.69, 9.17) is 11.6 Å². The molecule has 0 heterocycles. The van der Waals surface area contributed by atoms with Gasteiger partial charge in [0.25, 0.3) is 0 Å². The highest BCUT2D eigenvalue weighted by molar-refractivity contribution is 9.10. The van der Waals surface area contributed by atoms with Crippen LogP contribution in [0, 0.1) is 17.5 Å². The molecule has 2 rings (SSSR count). The molecule has 0 bridgehead atoms. The topological polar surface area (TPSA) is 0 Å². The normalized spacial score (nSPS) is 12.5. The molecule has 1 unspecified atom stereocenters. The summed E-state index contributed by atoms with van der Waals surface area (Å²) in [5.41, 5.74) is 0.542. The Labute approximate surface area is 129 Å². The molecule has 0 fully saturated rings. The second-order valence-electron chi connectivity index (χ2n) is 3.82. The first-order valence-electron chi connectivity index (χ1n) is 5.13. The third-order valence-electron chi connectivity index (χ3n) is 2.54. The number of benzene rings is 2. The Morgan fingerprint density at radius 1 is 0.895 bits per heavy atom. The fourth-order valence-electron chi connectivity index (χ4n) is 1.61. The summed E-state index contributed by atoms with van der Waals surface area (Å²) in [5.74, 6) is -2.53. The highest BCUT2D eigenvalue weighted by atomic mass is 79.9. The summed E-state index contributed by atoms with van der Waals surface area (Å²) < 4.78 is 40.7. The fourth-order valence-corrected chi connectivity index (χ4v) is 3.11. The lowest BCUT2D eigenvalue weighted by Crippen LogP contribution is -1.99. The van der Waals surface area contributed by atoms with Gasteiger partial charge in [0.1, 0.15) is 5.82 Å². The van der Waals surface area contributed by atoms with Crippen LogP contribution in [0.3, 0.4) is 0 Å². The van der Waals surface area contributed by atoms with Crippen molar-refractivity contribution in [2.45, 2.75) is 4.83 Å². The van der Waals surface area contributed by atoms with Gasteiger partial charge in [0.05, 0.1) is 4.83 Å². The minimum absolute atomic E-state index is 0.0279. The standard InChI is InChI=1S/C13H6Br2ClF3/c14-6-1-2-10(17)8(3-6)13(15)7-4-11(18)12(19)5-9(7)16/h1-5,13H. The maximum Gasteiger partial charge on any atom is 0.160 e. The highest BCUT2D eigenvalue weighted by Crippen LogP contribution is 2.38. The summed E-state index contributed by atoms with van der Waals surface area (Å²) >= 11 is 12.3. The van der Waals surface area contributed by atoms with Gasteiger partial charge in [0.15, 0.2) is 11.6 Å². The molecule has 100 valence electrons. The predicted molar refractivity (Wildman–Crippen MR) is 76.2 cm³/mol. The maximum atomic E-state index is 13.8. The molecular weight excluding hydrogens is 408 g/mol. The van der Waals surface area contributed by atoms with Crippen molar-refractivity contribution in [3.63, 3.8) is 0 Å². The first kappa shape index (κ1) is 14.9. The Morgan fingerprint density at radius 2 is 1.53 bits per heavy atom. The number of alkyl halides is 1. The number of halogens is 6. The van der Waals surface area contributed by atoms with Crippen LogP contribution in [0.5, 0.6) is 0 Å². The van der Waals surface area contributed by atoms with E-state index in [9.17, 15) is 13.2 Å². The van der Waals surface area contributed by atoms with Gasteiger partial charge in [0.2, 0.25) is 0 Å². The summed E-state index contributed by atoms with van der Waals surface area (Å²) in [6.07, 6.45) is 0. The van der Waals surface area contributed by atoms with Crippen molar-refractivity contribution in [3.05, 3.63) is 68.4 Å². The van der Waals surface area contributed by atoms with Crippen molar-refractivity contribution in [2.75, 3.05) is 0 Å². The number of hydrogen-bond donors (Lipinski definition) is 0. The summed E-state index contributed by atoms with van der Waals surface area (Å²) in [6.45, 7) is 0. The first-order valence-corrected chi connectivity index (χ1v) is 7.22. The molecule has 0 aliphatic carbocycles. The van der Waals surface area contributed by atoms with Crippen LogP contribution >= 0.6 is 43.5 Å². The molecule has 0 radical (unpaired) electrons. The molecule has 19 heavy (non-hydrogen) atoms. The lowest BCUT2D eigenvalue weighted by molar-refractivity contribution is 0.507. The third kappa shape index (κ3) is 3.15. The largest absolute Gasteiger partial charge is 0.207 e. The van der Waals surface area contributed by atoms with Crippen LogP contribution in [-0.2, 0) is 0 Å². The first-order chi connectivity index (χ1) is 8.90. The quantitative estimate of drug-likeness (QED) is 0.417. The molecule has 0 nitrogen and oxygen atoms in total. The second-order valence-corrected chi connectivity index (χ2v) is 6.05. The molecule has 0 aliphatic rings. The van der Waals surface area contributed by atoms with Crippen molar-refractivity contribution in [2.24, 2.45) is 0 Å². The lowest BCUT2D eigenvalue weighted by Gasteiger charge is -2.14. The lowest BCUT2D eigenvalue weighted by atomic mass is 10.0. The Hall–Kier alpha value is -0.520. The molecule has 0 aromatic heterocycles. The number of hydrogen-bond acceptors (Lipinski definition) is 0. The molecule has 0 saturated carbocycles. The van der Waals surface area contributed by atoms with Crippen LogP contribution in [-0.4, -0.2) is 0 Å². The Balaban J connectivity index is 2.52. The van der Waals surface area contributed by atoms with Gasteiger partial charge < -0.3 is 0 Å². The Morgan fingerprint density at radius 3 is 2.21 bits per heavy atom. The third-order valence-corrected chi connectivity index (χ3v) is 4.35. The zero-order valence-electron chi connectivity index (χ0n) is 9.23. The summed E-state index contributed by atoms with van der Waals surface area (Å²) in [6, 6.07) is 6.20. The van der Waals surface area contributed by atoms with Gasteiger partial charge in [-0.05, 0) is 35.9 Å². The smallest absolute Gasteiger partial charge is 0.160 e. The Kier molecular flexibility index (Phi) is 4.58. The van der Waals surface area contributed by atoms with Crippen molar-refractivity contribution in [1.29, 1.82) is 0 Å². The van der Waals surface area contributed by atoms with Crippen molar-refractivity contribution in [3.8, 4) is 0 Å². The van der Waals surface area contributed by atoms with Gasteiger partial charge in [-0.25, -0.2) is 13.2 Å². The van der Waals surface area contributed by atoms with E-state index in [1.807, 2.05) is 0 Å². The average Bonchev–Trinajstić information content (AvgIpc) is 2.36. The minimum Gasteiger partial charge on any atom is -0.207 e. The molecule has 2 aromatic carbocycles. The zero-order chi connectivity index (χ0) is 14.2. The fraction of sp³-hybridized carbons (Fsp3) is 0.0769. The molecule has 0 spiro atoms. The Bertz CT molecular complexity index is 632. The van der Waals surface area contributed by atoms with Crippen LogP contribution in [0.2, 0.25) is 5.02 Å². The van der Waals surface area contributed by atoms with Crippen LogP contribution in [0.1, 0.15) is 16.0 Å². The van der Waals surface area contributed by atoms with E-state index in [2.05, 4.69) is 31.9 Å². The van der Waals surface area contributed by atoms with E-state index in [1.165, 1.54) is 6.07 Å². The molecule has 0 aliphatic heterocycles. The SMILES string of the molecule is Fc1cc(Cl)c(C(Br)c2cc(Br)ccc2F)cc1F. The van der Waals surface area contributed by atoms with E-state index in [0.717, 1.165) is 12.1 Å². The van der Waals surface area contributed by atoms with E-state index in [-0.39, 0.29) is 16.1 Å². The van der Waals surface area contributed by atoms with Gasteiger partial charge in [-0.2, -0.15) is 0 Å². The highest BCUT2D eigenvalue weighted by Gasteiger charge is 2.20.